The van der Waals surface area contributed by atoms with E-state index in [1.165, 1.54) is 0 Å². The predicted molar refractivity (Wildman–Crippen MR) is 58.9 cm³/mol. The molecule has 1 fully saturated rings. The summed E-state index contributed by atoms with van der Waals surface area (Å²) in [5, 5.41) is 9.84. The molecule has 1 N–H and O–H groups in total. The third-order valence-corrected chi connectivity index (χ3v) is 3.06. The van der Waals surface area contributed by atoms with E-state index in [1.807, 2.05) is 24.3 Å². The summed E-state index contributed by atoms with van der Waals surface area (Å²) >= 11 is 6.09. The van der Waals surface area contributed by atoms with Gasteiger partial charge in [0.2, 0.25) is 0 Å². The van der Waals surface area contributed by atoms with Crippen LogP contribution in [0.3, 0.4) is 0 Å². The van der Waals surface area contributed by atoms with Gasteiger partial charge in [0.25, 0.3) is 0 Å². The van der Waals surface area contributed by atoms with Crippen molar-refractivity contribution in [2.24, 2.45) is 5.92 Å². The van der Waals surface area contributed by atoms with Crippen LogP contribution >= 0.6 is 11.6 Å². The van der Waals surface area contributed by atoms with Crippen molar-refractivity contribution in [3.63, 3.8) is 0 Å². The van der Waals surface area contributed by atoms with Crippen molar-refractivity contribution in [1.29, 1.82) is 0 Å². The van der Waals surface area contributed by atoms with Crippen molar-refractivity contribution >= 4 is 17.3 Å². The van der Waals surface area contributed by atoms with Crippen LogP contribution < -0.4 is 4.90 Å². The van der Waals surface area contributed by atoms with Gasteiger partial charge < -0.3 is 10.0 Å². The lowest BCUT2D eigenvalue weighted by molar-refractivity contribution is 0.238. The van der Waals surface area contributed by atoms with Crippen LogP contribution in [-0.4, -0.2) is 24.8 Å². The average Bonchev–Trinajstić information content (AvgIpc) is 2.67. The molecule has 0 aliphatic carbocycles. The summed E-state index contributed by atoms with van der Waals surface area (Å²) in [7, 11) is 0. The zero-order chi connectivity index (χ0) is 9.97. The fraction of sp³-hybridized carbons (Fsp3) is 0.455. The molecule has 0 bridgehead atoms. The topological polar surface area (TPSA) is 23.5 Å². The number of para-hydroxylation sites is 1. The van der Waals surface area contributed by atoms with Gasteiger partial charge in [0.05, 0.1) is 10.7 Å². The molecule has 1 saturated heterocycles. The Morgan fingerprint density at radius 1 is 1.43 bits per heavy atom. The van der Waals surface area contributed by atoms with E-state index in [2.05, 4.69) is 4.90 Å². The van der Waals surface area contributed by atoms with Crippen LogP contribution in [0.4, 0.5) is 5.69 Å². The van der Waals surface area contributed by atoms with E-state index in [0.717, 1.165) is 30.2 Å². The summed E-state index contributed by atoms with van der Waals surface area (Å²) in [5.41, 5.74) is 1.09. The van der Waals surface area contributed by atoms with E-state index in [-0.39, 0.29) is 6.61 Å². The molecule has 0 spiro atoms. The first kappa shape index (κ1) is 9.81. The molecular formula is C11H14ClNO. The van der Waals surface area contributed by atoms with Gasteiger partial charge in [0.1, 0.15) is 0 Å². The standard InChI is InChI=1S/C11H14ClNO/c12-10-3-1-2-4-11(10)13-6-5-9(7-13)8-14/h1-4,9,14H,5-8H2. The summed E-state index contributed by atoms with van der Waals surface area (Å²) in [4.78, 5) is 2.24. The monoisotopic (exact) mass is 211 g/mol. The third-order valence-electron chi connectivity index (χ3n) is 2.74. The molecule has 14 heavy (non-hydrogen) atoms. The minimum atomic E-state index is 0.279. The molecule has 1 aliphatic heterocycles. The van der Waals surface area contributed by atoms with Gasteiger partial charge in [-0.25, -0.2) is 0 Å². The highest BCUT2D eigenvalue weighted by molar-refractivity contribution is 6.33. The molecule has 0 radical (unpaired) electrons. The Morgan fingerprint density at radius 3 is 2.86 bits per heavy atom. The molecule has 0 saturated carbocycles. The highest BCUT2D eigenvalue weighted by Crippen LogP contribution is 2.29. The SMILES string of the molecule is OCC1CCN(c2ccccc2Cl)C1. The number of halogens is 1. The van der Waals surface area contributed by atoms with E-state index in [0.29, 0.717) is 5.92 Å². The van der Waals surface area contributed by atoms with Gasteiger partial charge in [-0.15, -0.1) is 0 Å². The first-order chi connectivity index (χ1) is 6.81. The Labute approximate surface area is 89.1 Å². The maximum Gasteiger partial charge on any atom is 0.0639 e. The largest absolute Gasteiger partial charge is 0.396 e. The van der Waals surface area contributed by atoms with Gasteiger partial charge in [-0.1, -0.05) is 23.7 Å². The Kier molecular flexibility index (Phi) is 2.94. The van der Waals surface area contributed by atoms with Gasteiger partial charge in [-0.05, 0) is 18.6 Å². The summed E-state index contributed by atoms with van der Waals surface area (Å²) in [6.45, 7) is 2.19. The number of hydrogen-bond donors (Lipinski definition) is 1. The lowest BCUT2D eigenvalue weighted by Gasteiger charge is -2.19. The van der Waals surface area contributed by atoms with Crippen LogP contribution in [0.5, 0.6) is 0 Å². The number of aliphatic hydroxyl groups is 1. The Bertz CT molecular complexity index is 316. The number of hydrogen-bond acceptors (Lipinski definition) is 2. The van der Waals surface area contributed by atoms with E-state index in [1.54, 1.807) is 0 Å². The minimum Gasteiger partial charge on any atom is -0.396 e. The highest BCUT2D eigenvalue weighted by Gasteiger charge is 2.22. The minimum absolute atomic E-state index is 0.279. The summed E-state index contributed by atoms with van der Waals surface area (Å²) in [6, 6.07) is 7.87. The van der Waals surface area contributed by atoms with E-state index >= 15 is 0 Å². The molecule has 0 amide bonds. The Hall–Kier alpha value is -0.730. The van der Waals surface area contributed by atoms with Gasteiger partial charge >= 0.3 is 0 Å². The molecule has 2 nitrogen and oxygen atoms in total. The second-order valence-corrected chi connectivity index (χ2v) is 4.14. The molecule has 1 atom stereocenters. The normalized spacial score (nSPS) is 21.6. The van der Waals surface area contributed by atoms with Crippen molar-refractivity contribution in [2.45, 2.75) is 6.42 Å². The summed E-state index contributed by atoms with van der Waals surface area (Å²) < 4.78 is 0. The van der Waals surface area contributed by atoms with Crippen LogP contribution in [0.2, 0.25) is 5.02 Å². The summed E-state index contributed by atoms with van der Waals surface area (Å²) in [5.74, 6) is 0.409. The first-order valence-electron chi connectivity index (χ1n) is 4.91. The van der Waals surface area contributed by atoms with Crippen LogP contribution in [0.15, 0.2) is 24.3 Å². The quantitative estimate of drug-likeness (QED) is 0.811. The lowest BCUT2D eigenvalue weighted by Crippen LogP contribution is -2.20. The van der Waals surface area contributed by atoms with Crippen LogP contribution in [-0.2, 0) is 0 Å². The number of nitrogens with zero attached hydrogens (tertiary/aromatic N) is 1. The molecule has 0 aromatic heterocycles. The zero-order valence-electron chi connectivity index (χ0n) is 7.99. The molecule has 1 heterocycles. The molecule has 1 aromatic rings. The van der Waals surface area contributed by atoms with Crippen LogP contribution in [0.1, 0.15) is 6.42 Å². The Balaban J connectivity index is 2.13. The Morgan fingerprint density at radius 2 is 2.21 bits per heavy atom. The second-order valence-electron chi connectivity index (χ2n) is 3.73. The van der Waals surface area contributed by atoms with Crippen LogP contribution in [0.25, 0.3) is 0 Å². The highest BCUT2D eigenvalue weighted by atomic mass is 35.5. The number of aliphatic hydroxyl groups excluding tert-OH is 1. The fourth-order valence-corrected chi connectivity index (χ4v) is 2.16. The molecule has 3 heteroatoms. The molecule has 2 rings (SSSR count). The molecule has 1 aromatic carbocycles. The van der Waals surface area contributed by atoms with Gasteiger partial charge in [0.15, 0.2) is 0 Å². The molecular weight excluding hydrogens is 198 g/mol. The van der Waals surface area contributed by atoms with Crippen molar-refractivity contribution in [1.82, 2.24) is 0 Å². The van der Waals surface area contributed by atoms with E-state index in [9.17, 15) is 0 Å². The van der Waals surface area contributed by atoms with E-state index < -0.39 is 0 Å². The number of benzene rings is 1. The molecule has 1 unspecified atom stereocenters. The van der Waals surface area contributed by atoms with Gasteiger partial charge in [-0.2, -0.15) is 0 Å². The van der Waals surface area contributed by atoms with Gasteiger partial charge in [0, 0.05) is 25.6 Å². The van der Waals surface area contributed by atoms with Crippen molar-refractivity contribution in [3.05, 3.63) is 29.3 Å². The van der Waals surface area contributed by atoms with E-state index in [4.69, 9.17) is 16.7 Å². The van der Waals surface area contributed by atoms with Crippen molar-refractivity contribution in [3.8, 4) is 0 Å². The third kappa shape index (κ3) is 1.86. The second kappa shape index (κ2) is 4.20. The first-order valence-corrected chi connectivity index (χ1v) is 5.29. The van der Waals surface area contributed by atoms with Crippen molar-refractivity contribution in [2.75, 3.05) is 24.6 Å². The number of anilines is 1. The van der Waals surface area contributed by atoms with Crippen LogP contribution in [0, 0.1) is 5.92 Å². The molecule has 76 valence electrons. The predicted octanol–water partition coefficient (Wildman–Crippen LogP) is 2.16. The zero-order valence-corrected chi connectivity index (χ0v) is 8.74. The fourth-order valence-electron chi connectivity index (χ4n) is 1.91. The average molecular weight is 212 g/mol. The maximum absolute atomic E-state index is 9.04. The number of rotatable bonds is 2. The van der Waals surface area contributed by atoms with Crippen molar-refractivity contribution < 1.29 is 5.11 Å². The van der Waals surface area contributed by atoms with Gasteiger partial charge in [-0.3, -0.25) is 0 Å². The maximum atomic E-state index is 9.04. The molecule has 1 aliphatic rings. The smallest absolute Gasteiger partial charge is 0.0639 e. The summed E-state index contributed by atoms with van der Waals surface area (Å²) in [6.07, 6.45) is 1.06. The lowest BCUT2D eigenvalue weighted by atomic mass is 10.1.